The van der Waals surface area contributed by atoms with Crippen LogP contribution >= 0.6 is 0 Å². The average Bonchev–Trinajstić information content (AvgIpc) is 3.29. The molecule has 6 heteroatoms. The Morgan fingerprint density at radius 3 is 2.78 bits per heavy atom. The Labute approximate surface area is 137 Å². The number of nitrogens with one attached hydrogen (secondary N) is 2. The van der Waals surface area contributed by atoms with E-state index in [0.29, 0.717) is 23.3 Å². The van der Waals surface area contributed by atoms with Crippen LogP contribution in [0.1, 0.15) is 32.1 Å². The Kier molecular flexibility index (Phi) is 3.93. The fourth-order valence-electron chi connectivity index (χ4n) is 4.23. The van der Waals surface area contributed by atoms with Crippen molar-refractivity contribution in [2.75, 3.05) is 31.5 Å². The number of rotatable bonds is 3. The fraction of sp³-hybridized carbons (Fsp3) is 0.706. The highest BCUT2D eigenvalue weighted by Gasteiger charge is 2.58. The first-order valence-electron chi connectivity index (χ1n) is 8.81. The third-order valence-electron chi connectivity index (χ3n) is 5.82. The molecule has 0 radical (unpaired) electrons. The molecule has 124 valence electrons. The summed E-state index contributed by atoms with van der Waals surface area (Å²) in [6.07, 6.45) is 7.12. The molecule has 1 spiro atoms. The van der Waals surface area contributed by atoms with Gasteiger partial charge >= 0.3 is 0 Å². The summed E-state index contributed by atoms with van der Waals surface area (Å²) in [5, 5.41) is 14.8. The van der Waals surface area contributed by atoms with Gasteiger partial charge in [-0.3, -0.25) is 4.79 Å². The van der Waals surface area contributed by atoms with Crippen LogP contribution in [0.15, 0.2) is 18.3 Å². The summed E-state index contributed by atoms with van der Waals surface area (Å²) >= 11 is 0. The maximum absolute atomic E-state index is 12.8. The quantitative estimate of drug-likeness (QED) is 0.879. The Bertz CT molecular complexity index is 549. The molecule has 0 bridgehead atoms. The number of hydrogen-bond acceptors (Lipinski definition) is 5. The van der Waals surface area contributed by atoms with E-state index >= 15 is 0 Å². The van der Waals surface area contributed by atoms with Crippen LogP contribution in [0.3, 0.4) is 0 Å². The van der Waals surface area contributed by atoms with Gasteiger partial charge in [-0.15, -0.1) is 5.10 Å². The van der Waals surface area contributed by atoms with Crippen LogP contribution < -0.4 is 10.6 Å². The van der Waals surface area contributed by atoms with Gasteiger partial charge in [-0.2, -0.15) is 5.10 Å². The maximum Gasteiger partial charge on any atom is 0.226 e. The molecule has 0 aromatic carbocycles. The van der Waals surface area contributed by atoms with E-state index in [4.69, 9.17) is 0 Å². The van der Waals surface area contributed by atoms with Crippen molar-refractivity contribution in [3.05, 3.63) is 18.3 Å². The zero-order valence-electron chi connectivity index (χ0n) is 13.5. The highest BCUT2D eigenvalue weighted by Crippen LogP contribution is 2.59. The minimum atomic E-state index is 0.300. The minimum absolute atomic E-state index is 0.300. The predicted molar refractivity (Wildman–Crippen MR) is 87.9 cm³/mol. The second kappa shape index (κ2) is 6.07. The summed E-state index contributed by atoms with van der Waals surface area (Å²) in [7, 11) is 0. The molecule has 3 heterocycles. The molecule has 3 fully saturated rings. The number of carbonyl (C=O) groups excluding carboxylic acids is 1. The number of piperidine rings is 2. The molecule has 2 N–H and O–H groups in total. The molecule has 2 aliphatic heterocycles. The Morgan fingerprint density at radius 1 is 1.30 bits per heavy atom. The van der Waals surface area contributed by atoms with Gasteiger partial charge in [0.1, 0.15) is 5.82 Å². The molecule has 1 unspecified atom stereocenters. The lowest BCUT2D eigenvalue weighted by Gasteiger charge is -2.33. The van der Waals surface area contributed by atoms with Gasteiger partial charge in [-0.05, 0) is 62.7 Å². The highest BCUT2D eigenvalue weighted by molar-refractivity contribution is 5.83. The van der Waals surface area contributed by atoms with Gasteiger partial charge in [0.2, 0.25) is 5.91 Å². The van der Waals surface area contributed by atoms with Crippen molar-refractivity contribution in [2.24, 2.45) is 11.3 Å². The minimum Gasteiger partial charge on any atom is -0.366 e. The van der Waals surface area contributed by atoms with Crippen molar-refractivity contribution in [1.82, 2.24) is 20.4 Å². The first-order chi connectivity index (χ1) is 11.3. The van der Waals surface area contributed by atoms with Crippen LogP contribution in [0, 0.1) is 11.3 Å². The third kappa shape index (κ3) is 3.04. The number of nitrogens with zero attached hydrogens (tertiary/aromatic N) is 3. The van der Waals surface area contributed by atoms with E-state index < -0.39 is 0 Å². The van der Waals surface area contributed by atoms with Crippen molar-refractivity contribution in [3.8, 4) is 0 Å². The third-order valence-corrected chi connectivity index (χ3v) is 5.82. The number of anilines is 1. The lowest BCUT2D eigenvalue weighted by Crippen LogP contribution is -2.44. The topological polar surface area (TPSA) is 70.2 Å². The number of hydrogen-bond donors (Lipinski definition) is 2. The second-order valence-electron chi connectivity index (χ2n) is 7.22. The Morgan fingerprint density at radius 2 is 2.09 bits per heavy atom. The molecule has 3 aliphatic rings. The van der Waals surface area contributed by atoms with E-state index in [0.717, 1.165) is 51.3 Å². The molecule has 1 atom stereocenters. The van der Waals surface area contributed by atoms with E-state index in [1.54, 1.807) is 6.20 Å². The fourth-order valence-corrected chi connectivity index (χ4v) is 4.23. The van der Waals surface area contributed by atoms with Crippen molar-refractivity contribution in [2.45, 2.75) is 38.1 Å². The van der Waals surface area contributed by atoms with E-state index in [1.165, 1.54) is 12.8 Å². The van der Waals surface area contributed by atoms with Gasteiger partial charge < -0.3 is 15.5 Å². The standard InChI is InChI=1S/C17H25N5O/c23-16(14-12-17(14)5-8-18-9-6-17)22-10-3-13(4-11-22)20-15-2-1-7-19-21-15/h1-2,7,13-14,18H,3-6,8-12H2,(H,20,21). The van der Waals surface area contributed by atoms with Crippen LogP contribution in [0.4, 0.5) is 5.82 Å². The van der Waals surface area contributed by atoms with Crippen LogP contribution in [0.25, 0.3) is 0 Å². The maximum atomic E-state index is 12.8. The molecular weight excluding hydrogens is 290 g/mol. The smallest absolute Gasteiger partial charge is 0.226 e. The van der Waals surface area contributed by atoms with Crippen LogP contribution in [0.5, 0.6) is 0 Å². The van der Waals surface area contributed by atoms with Crippen molar-refractivity contribution in [1.29, 1.82) is 0 Å². The lowest BCUT2D eigenvalue weighted by molar-refractivity contribution is -0.134. The first kappa shape index (κ1) is 14.9. The van der Waals surface area contributed by atoms with Gasteiger partial charge in [0.05, 0.1) is 0 Å². The SMILES string of the molecule is O=C(C1CC12CCNCC2)N1CCC(Nc2cccnn2)CC1. The monoisotopic (exact) mass is 315 g/mol. The van der Waals surface area contributed by atoms with Gasteiger partial charge in [0.25, 0.3) is 0 Å². The molecule has 6 nitrogen and oxygen atoms in total. The molecular formula is C17H25N5O. The number of amides is 1. The normalized spacial score (nSPS) is 27.0. The van der Waals surface area contributed by atoms with Crippen LogP contribution in [0.2, 0.25) is 0 Å². The van der Waals surface area contributed by atoms with Gasteiger partial charge in [0.15, 0.2) is 0 Å². The van der Waals surface area contributed by atoms with E-state index in [9.17, 15) is 4.79 Å². The number of aromatic nitrogens is 2. The molecule has 1 amide bonds. The summed E-state index contributed by atoms with van der Waals surface area (Å²) < 4.78 is 0. The molecule has 1 aromatic heterocycles. The zero-order valence-corrected chi connectivity index (χ0v) is 13.5. The van der Waals surface area contributed by atoms with E-state index in [-0.39, 0.29) is 0 Å². The van der Waals surface area contributed by atoms with Gasteiger partial charge in [0, 0.05) is 31.2 Å². The second-order valence-corrected chi connectivity index (χ2v) is 7.22. The van der Waals surface area contributed by atoms with Crippen molar-refractivity contribution < 1.29 is 4.79 Å². The summed E-state index contributed by atoms with van der Waals surface area (Å²) in [6.45, 7) is 3.88. The molecule has 1 aromatic rings. The first-order valence-corrected chi connectivity index (χ1v) is 8.81. The van der Waals surface area contributed by atoms with Crippen LogP contribution in [-0.2, 0) is 4.79 Å². The predicted octanol–water partition coefficient (Wildman–Crippen LogP) is 1.27. The van der Waals surface area contributed by atoms with Gasteiger partial charge in [-0.25, -0.2) is 0 Å². The van der Waals surface area contributed by atoms with Crippen molar-refractivity contribution >= 4 is 11.7 Å². The molecule has 2 saturated heterocycles. The molecule has 4 rings (SSSR count). The van der Waals surface area contributed by atoms with Gasteiger partial charge in [-0.1, -0.05) is 0 Å². The summed E-state index contributed by atoms with van der Waals surface area (Å²) in [5.41, 5.74) is 0.344. The summed E-state index contributed by atoms with van der Waals surface area (Å²) in [6, 6.07) is 4.22. The molecule has 23 heavy (non-hydrogen) atoms. The zero-order chi connectivity index (χ0) is 15.7. The van der Waals surface area contributed by atoms with E-state index in [1.807, 2.05) is 12.1 Å². The summed E-state index contributed by atoms with van der Waals surface area (Å²) in [4.78, 5) is 14.9. The molecule has 1 saturated carbocycles. The summed E-state index contributed by atoms with van der Waals surface area (Å²) in [5.74, 6) is 1.53. The highest BCUT2D eigenvalue weighted by atomic mass is 16.2. The van der Waals surface area contributed by atoms with Crippen LogP contribution in [-0.4, -0.2) is 53.2 Å². The Balaban J connectivity index is 1.27. The van der Waals surface area contributed by atoms with E-state index in [2.05, 4.69) is 25.7 Å². The lowest BCUT2D eigenvalue weighted by atomic mass is 9.91. The van der Waals surface area contributed by atoms with Crippen molar-refractivity contribution in [3.63, 3.8) is 0 Å². The largest absolute Gasteiger partial charge is 0.366 e. The number of likely N-dealkylation sites (tertiary alicyclic amines) is 1. The number of carbonyl (C=O) groups is 1. The Hall–Kier alpha value is -1.69. The average molecular weight is 315 g/mol. The molecule has 1 aliphatic carbocycles.